The number of hydrogen-bond donors (Lipinski definition) is 1. The number of carbonyl (C=O) groups excluding carboxylic acids is 1. The van der Waals surface area contributed by atoms with Crippen LogP contribution in [0.4, 0.5) is 0 Å². The van der Waals surface area contributed by atoms with E-state index in [1.807, 2.05) is 69.3 Å². The van der Waals surface area contributed by atoms with Crippen LogP contribution in [0.2, 0.25) is 0 Å². The first kappa shape index (κ1) is 17.1. The minimum absolute atomic E-state index is 0.292. The Kier molecular flexibility index (Phi) is 4.56. The maximum absolute atomic E-state index is 13.6. The molecule has 0 amide bonds. The number of aliphatic hydroxyl groups is 1. The minimum atomic E-state index is -1.71. The van der Waals surface area contributed by atoms with E-state index in [-0.39, 0.29) is 5.78 Å². The molecule has 0 bridgehead atoms. The van der Waals surface area contributed by atoms with Crippen molar-refractivity contribution < 1.29 is 9.90 Å². The predicted octanol–water partition coefficient (Wildman–Crippen LogP) is 4.73. The molecular formula is C23H22O2. The summed E-state index contributed by atoms with van der Waals surface area (Å²) in [4.78, 5) is 13.6. The Labute approximate surface area is 148 Å². The van der Waals surface area contributed by atoms with E-state index >= 15 is 0 Å². The average molecular weight is 330 g/mol. The zero-order valence-corrected chi connectivity index (χ0v) is 14.8. The van der Waals surface area contributed by atoms with Crippen molar-refractivity contribution >= 4 is 5.78 Å². The number of Topliss-reactive ketones (excluding diaryl/α,β-unsaturated/α-hetero) is 1. The first-order chi connectivity index (χ1) is 11.9. The van der Waals surface area contributed by atoms with E-state index < -0.39 is 5.60 Å². The lowest BCUT2D eigenvalue weighted by Gasteiger charge is -2.29. The largest absolute Gasteiger partial charge is 0.373 e. The first-order valence-corrected chi connectivity index (χ1v) is 8.40. The molecule has 0 aliphatic heterocycles. The van der Waals surface area contributed by atoms with Crippen LogP contribution in [0.5, 0.6) is 0 Å². The Hall–Kier alpha value is -2.71. The highest BCUT2D eigenvalue weighted by Gasteiger charge is 2.41. The van der Waals surface area contributed by atoms with Crippen LogP contribution >= 0.6 is 0 Å². The molecular weight excluding hydrogens is 308 g/mol. The molecule has 0 aliphatic carbocycles. The molecule has 3 aromatic rings. The molecule has 3 rings (SSSR count). The van der Waals surface area contributed by atoms with Gasteiger partial charge in [-0.25, -0.2) is 0 Å². The van der Waals surface area contributed by atoms with Crippen molar-refractivity contribution in [2.45, 2.75) is 26.4 Å². The number of benzene rings is 3. The molecule has 0 saturated carbocycles. The van der Waals surface area contributed by atoms with Gasteiger partial charge in [-0.05, 0) is 43.0 Å². The molecule has 0 radical (unpaired) electrons. The summed E-state index contributed by atoms with van der Waals surface area (Å²) in [6.45, 7) is 5.85. The van der Waals surface area contributed by atoms with Crippen LogP contribution in [0.3, 0.4) is 0 Å². The fourth-order valence-corrected chi connectivity index (χ4v) is 3.51. The zero-order chi connectivity index (χ0) is 18.0. The van der Waals surface area contributed by atoms with E-state index in [9.17, 15) is 9.90 Å². The number of carbonyl (C=O) groups is 1. The highest BCUT2D eigenvalue weighted by Crippen LogP contribution is 2.35. The number of rotatable bonds is 4. The molecule has 0 heterocycles. The second kappa shape index (κ2) is 6.66. The fourth-order valence-electron chi connectivity index (χ4n) is 3.51. The molecule has 0 atom stereocenters. The summed E-state index contributed by atoms with van der Waals surface area (Å²) >= 11 is 0. The lowest BCUT2D eigenvalue weighted by atomic mass is 9.78. The Balaban J connectivity index is 2.25. The third kappa shape index (κ3) is 3.01. The van der Waals surface area contributed by atoms with Gasteiger partial charge in [-0.2, -0.15) is 0 Å². The Morgan fingerprint density at radius 1 is 0.760 bits per heavy atom. The van der Waals surface area contributed by atoms with Gasteiger partial charge in [-0.3, -0.25) is 4.79 Å². The van der Waals surface area contributed by atoms with Crippen LogP contribution in [0, 0.1) is 20.8 Å². The normalized spacial score (nSPS) is 11.4. The van der Waals surface area contributed by atoms with Crippen LogP contribution in [-0.4, -0.2) is 10.9 Å². The summed E-state index contributed by atoms with van der Waals surface area (Å²) in [7, 11) is 0. The van der Waals surface area contributed by atoms with Gasteiger partial charge in [-0.15, -0.1) is 0 Å². The number of hydrogen-bond acceptors (Lipinski definition) is 2. The Morgan fingerprint density at radius 3 is 1.56 bits per heavy atom. The van der Waals surface area contributed by atoms with Crippen LogP contribution < -0.4 is 0 Å². The van der Waals surface area contributed by atoms with Crippen molar-refractivity contribution in [3.63, 3.8) is 0 Å². The molecule has 0 aromatic heterocycles. The van der Waals surface area contributed by atoms with E-state index in [1.165, 1.54) is 0 Å². The van der Waals surface area contributed by atoms with E-state index in [0.29, 0.717) is 16.7 Å². The predicted molar refractivity (Wildman–Crippen MR) is 101 cm³/mol. The SMILES string of the molecule is Cc1cc(C)c(C(=O)C(O)(c2ccccc2)c2ccccc2)c(C)c1. The second-order valence-corrected chi connectivity index (χ2v) is 6.55. The Bertz CT molecular complexity index is 833. The molecule has 0 saturated heterocycles. The first-order valence-electron chi connectivity index (χ1n) is 8.40. The lowest BCUT2D eigenvalue weighted by molar-refractivity contribution is 0.0486. The molecule has 3 aromatic carbocycles. The summed E-state index contributed by atoms with van der Waals surface area (Å²) in [5, 5.41) is 11.6. The third-order valence-electron chi connectivity index (χ3n) is 4.62. The molecule has 0 unspecified atom stereocenters. The Morgan fingerprint density at radius 2 is 1.16 bits per heavy atom. The lowest BCUT2D eigenvalue weighted by Crippen LogP contribution is -2.38. The molecule has 0 aliphatic rings. The van der Waals surface area contributed by atoms with E-state index in [4.69, 9.17) is 0 Å². The quantitative estimate of drug-likeness (QED) is 0.702. The van der Waals surface area contributed by atoms with Crippen LogP contribution in [0.1, 0.15) is 38.2 Å². The molecule has 126 valence electrons. The molecule has 2 heteroatoms. The molecule has 25 heavy (non-hydrogen) atoms. The van der Waals surface area contributed by atoms with Crippen LogP contribution in [0.25, 0.3) is 0 Å². The maximum Gasteiger partial charge on any atom is 0.204 e. The van der Waals surface area contributed by atoms with Crippen LogP contribution in [0.15, 0.2) is 72.8 Å². The topological polar surface area (TPSA) is 37.3 Å². The van der Waals surface area contributed by atoms with Gasteiger partial charge in [0.2, 0.25) is 5.78 Å². The number of ketones is 1. The molecule has 0 spiro atoms. The third-order valence-corrected chi connectivity index (χ3v) is 4.62. The highest BCUT2D eigenvalue weighted by molar-refractivity contribution is 6.07. The fraction of sp³-hybridized carbons (Fsp3) is 0.174. The summed E-state index contributed by atoms with van der Waals surface area (Å²) in [5.41, 5.74) is 2.89. The van der Waals surface area contributed by atoms with Crippen molar-refractivity contribution in [1.82, 2.24) is 0 Å². The van der Waals surface area contributed by atoms with Gasteiger partial charge in [-0.1, -0.05) is 78.4 Å². The summed E-state index contributed by atoms with van der Waals surface area (Å²) < 4.78 is 0. The van der Waals surface area contributed by atoms with Gasteiger partial charge in [0.1, 0.15) is 0 Å². The average Bonchev–Trinajstić information content (AvgIpc) is 2.61. The monoisotopic (exact) mass is 330 g/mol. The molecule has 0 fully saturated rings. The smallest absolute Gasteiger partial charge is 0.204 e. The highest BCUT2D eigenvalue weighted by atomic mass is 16.3. The number of aryl methyl sites for hydroxylation is 3. The van der Waals surface area contributed by atoms with E-state index in [1.54, 1.807) is 24.3 Å². The standard InChI is InChI=1S/C23H22O2/c1-16-14-17(2)21(18(3)15-16)22(24)23(25,19-10-6-4-7-11-19)20-12-8-5-9-13-20/h4-15,25H,1-3H3. The van der Waals surface area contributed by atoms with Crippen molar-refractivity contribution in [2.75, 3.05) is 0 Å². The second-order valence-electron chi connectivity index (χ2n) is 6.55. The van der Waals surface area contributed by atoms with Gasteiger partial charge in [0, 0.05) is 5.56 Å². The minimum Gasteiger partial charge on any atom is -0.373 e. The van der Waals surface area contributed by atoms with E-state index in [2.05, 4.69) is 0 Å². The summed E-state index contributed by atoms with van der Waals surface area (Å²) in [5.74, 6) is -0.292. The van der Waals surface area contributed by atoms with Crippen LogP contribution in [-0.2, 0) is 5.60 Å². The summed E-state index contributed by atoms with van der Waals surface area (Å²) in [6, 6.07) is 22.3. The van der Waals surface area contributed by atoms with Gasteiger partial charge in [0.05, 0.1) is 0 Å². The van der Waals surface area contributed by atoms with Gasteiger partial charge < -0.3 is 5.11 Å². The maximum atomic E-state index is 13.6. The summed E-state index contributed by atoms with van der Waals surface area (Å²) in [6.07, 6.45) is 0. The van der Waals surface area contributed by atoms with Gasteiger partial charge in [0.15, 0.2) is 5.60 Å². The molecule has 2 nitrogen and oxygen atoms in total. The van der Waals surface area contributed by atoms with Gasteiger partial charge in [0.25, 0.3) is 0 Å². The van der Waals surface area contributed by atoms with Crippen molar-refractivity contribution in [3.8, 4) is 0 Å². The van der Waals surface area contributed by atoms with Crippen molar-refractivity contribution in [2.24, 2.45) is 0 Å². The molecule has 1 N–H and O–H groups in total. The zero-order valence-electron chi connectivity index (χ0n) is 14.8. The van der Waals surface area contributed by atoms with Crippen molar-refractivity contribution in [3.05, 3.63) is 106 Å². The van der Waals surface area contributed by atoms with Crippen molar-refractivity contribution in [1.29, 1.82) is 0 Å². The van der Waals surface area contributed by atoms with E-state index in [0.717, 1.165) is 16.7 Å². The van der Waals surface area contributed by atoms with Gasteiger partial charge >= 0.3 is 0 Å².